The molecule has 2 nitrogen and oxygen atoms in total. The molecule has 0 bridgehead atoms. The highest BCUT2D eigenvalue weighted by Crippen LogP contribution is 2.12. The van der Waals surface area contributed by atoms with Crippen molar-refractivity contribution < 1.29 is 22.4 Å². The van der Waals surface area contributed by atoms with Crippen LogP contribution < -0.4 is 0 Å². The average Bonchev–Trinajstić information content (AvgIpc) is 1.56. The molecule has 0 saturated carbocycles. The van der Waals surface area contributed by atoms with Crippen LogP contribution in [0.25, 0.3) is 0 Å². The van der Waals surface area contributed by atoms with Crippen molar-refractivity contribution in [2.75, 3.05) is 19.7 Å². The molecule has 1 heterocycles. The Kier molecular flexibility index (Phi) is 2.20. The van der Waals surface area contributed by atoms with E-state index in [4.69, 9.17) is 0 Å². The van der Waals surface area contributed by atoms with E-state index in [0.717, 1.165) is 0 Å². The first-order chi connectivity index (χ1) is 4.58. The van der Waals surface area contributed by atoms with Crippen LogP contribution in [-0.2, 0) is 9.47 Å². The van der Waals surface area contributed by atoms with Gasteiger partial charge in [0.25, 0.3) is 0 Å². The Morgan fingerprint density at radius 1 is 1.40 bits per heavy atom. The number of halogens is 3. The molecule has 0 aromatic rings. The van der Waals surface area contributed by atoms with Crippen molar-refractivity contribution in [2.24, 2.45) is 0 Å². The number of hydrogen-bond acceptors (Lipinski definition) is 2. The number of hydrogen-bond donors (Lipinski definition) is 0. The summed E-state index contributed by atoms with van der Waals surface area (Å²) >= 11 is 0. The lowest BCUT2D eigenvalue weighted by Crippen LogP contribution is -2.39. The van der Waals surface area contributed by atoms with Gasteiger partial charge in [0.2, 0.25) is 0 Å². The molecular formula is C4H7BF3O2-. The van der Waals surface area contributed by atoms with Crippen LogP contribution in [0.5, 0.6) is 0 Å². The summed E-state index contributed by atoms with van der Waals surface area (Å²) in [4.78, 5) is 0. The average molecular weight is 155 g/mol. The van der Waals surface area contributed by atoms with Gasteiger partial charge in [0.05, 0.1) is 13.2 Å². The molecule has 0 N–H and O–H groups in total. The van der Waals surface area contributed by atoms with Crippen molar-refractivity contribution in [3.05, 3.63) is 0 Å². The Morgan fingerprint density at radius 3 is 2.30 bits per heavy atom. The van der Waals surface area contributed by atoms with Crippen LogP contribution in [0, 0.1) is 0 Å². The highest BCUT2D eigenvalue weighted by atomic mass is 19.4. The summed E-state index contributed by atoms with van der Waals surface area (Å²) in [7, 11) is 0. The van der Waals surface area contributed by atoms with Crippen molar-refractivity contribution in [3.8, 4) is 0 Å². The van der Waals surface area contributed by atoms with E-state index in [-0.39, 0.29) is 6.10 Å². The van der Waals surface area contributed by atoms with Crippen molar-refractivity contribution >= 4 is 6.98 Å². The van der Waals surface area contributed by atoms with Crippen molar-refractivity contribution in [3.63, 3.8) is 0 Å². The highest BCUT2D eigenvalue weighted by Gasteiger charge is 2.27. The van der Waals surface area contributed by atoms with Crippen LogP contribution >= 0.6 is 0 Å². The van der Waals surface area contributed by atoms with E-state index in [1.807, 2.05) is 0 Å². The molecule has 0 amide bonds. The fourth-order valence-electron chi connectivity index (χ4n) is 0.555. The predicted molar refractivity (Wildman–Crippen MR) is 29.6 cm³/mol. The zero-order valence-electron chi connectivity index (χ0n) is 5.23. The van der Waals surface area contributed by atoms with Gasteiger partial charge in [-0.1, -0.05) is 0 Å². The summed E-state index contributed by atoms with van der Waals surface area (Å²) in [6.45, 7) is -5.29. The van der Waals surface area contributed by atoms with Crippen molar-refractivity contribution in [1.29, 1.82) is 0 Å². The molecule has 1 saturated heterocycles. The quantitative estimate of drug-likeness (QED) is 0.560. The summed E-state index contributed by atoms with van der Waals surface area (Å²) in [6.07, 6.45) is -0.330. The Labute approximate surface area is 56.4 Å². The predicted octanol–water partition coefficient (Wildman–Crippen LogP) is 0.788. The largest absolute Gasteiger partial charge is 0.503 e. The van der Waals surface area contributed by atoms with Gasteiger partial charge in [0.1, 0.15) is 6.10 Å². The van der Waals surface area contributed by atoms with E-state index in [9.17, 15) is 12.9 Å². The fraction of sp³-hybridized carbons (Fsp3) is 1.00. The Morgan fingerprint density at radius 2 is 2.00 bits per heavy atom. The van der Waals surface area contributed by atoms with E-state index in [0.29, 0.717) is 13.2 Å². The first-order valence-corrected chi connectivity index (χ1v) is 2.98. The molecule has 10 heavy (non-hydrogen) atoms. The molecule has 0 aliphatic carbocycles. The van der Waals surface area contributed by atoms with Crippen LogP contribution in [0.1, 0.15) is 0 Å². The van der Waals surface area contributed by atoms with E-state index >= 15 is 0 Å². The molecule has 0 atom stereocenters. The first kappa shape index (κ1) is 7.88. The van der Waals surface area contributed by atoms with Gasteiger partial charge in [-0.25, -0.2) is 0 Å². The minimum atomic E-state index is -4.78. The molecule has 0 aromatic carbocycles. The van der Waals surface area contributed by atoms with E-state index in [2.05, 4.69) is 9.47 Å². The maximum Gasteiger partial charge on any atom is 0.503 e. The SMILES string of the molecule is F[B-](F)(F)COC1COC1. The van der Waals surface area contributed by atoms with Gasteiger partial charge >= 0.3 is 6.98 Å². The van der Waals surface area contributed by atoms with Gasteiger partial charge in [-0.2, -0.15) is 0 Å². The third-order valence-corrected chi connectivity index (χ3v) is 1.13. The van der Waals surface area contributed by atoms with Gasteiger partial charge in [0, 0.05) is 6.51 Å². The summed E-state index contributed by atoms with van der Waals surface area (Å²) in [6, 6.07) is 0. The van der Waals surface area contributed by atoms with Gasteiger partial charge in [-0.3, -0.25) is 0 Å². The summed E-state index contributed by atoms with van der Waals surface area (Å²) < 4.78 is 43.5. The van der Waals surface area contributed by atoms with Crippen molar-refractivity contribution in [1.82, 2.24) is 0 Å². The summed E-state index contributed by atoms with van der Waals surface area (Å²) in [5, 5.41) is 0. The molecule has 60 valence electrons. The van der Waals surface area contributed by atoms with Gasteiger partial charge in [0.15, 0.2) is 0 Å². The fourth-order valence-corrected chi connectivity index (χ4v) is 0.555. The lowest BCUT2D eigenvalue weighted by Gasteiger charge is -2.28. The molecule has 1 aliphatic heterocycles. The second-order valence-electron chi connectivity index (χ2n) is 2.20. The standard InChI is InChI=1S/C4H7BF3O2/c6-5(7,8)3-10-4-1-9-2-4/h4H,1-3H2/q-1. The summed E-state index contributed by atoms with van der Waals surface area (Å²) in [5.74, 6) is 0. The highest BCUT2D eigenvalue weighted by molar-refractivity contribution is 6.58. The zero-order chi connectivity index (χ0) is 7.61. The van der Waals surface area contributed by atoms with Gasteiger partial charge in [-0.15, -0.1) is 0 Å². The first-order valence-electron chi connectivity index (χ1n) is 2.98. The van der Waals surface area contributed by atoms with Crippen LogP contribution in [0.2, 0.25) is 0 Å². The number of ether oxygens (including phenoxy) is 2. The minimum absolute atomic E-state index is 0.298. The third kappa shape index (κ3) is 2.57. The van der Waals surface area contributed by atoms with Crippen LogP contribution in [0.15, 0.2) is 0 Å². The minimum Gasteiger partial charge on any atom is -0.447 e. The van der Waals surface area contributed by atoms with E-state index in [1.165, 1.54) is 0 Å². The topological polar surface area (TPSA) is 18.5 Å². The summed E-state index contributed by atoms with van der Waals surface area (Å²) in [5.41, 5.74) is 0. The van der Waals surface area contributed by atoms with E-state index < -0.39 is 13.5 Å². The lowest BCUT2D eigenvalue weighted by molar-refractivity contribution is -0.122. The maximum atomic E-state index is 11.5. The molecular weight excluding hydrogens is 148 g/mol. The molecule has 0 aromatic heterocycles. The normalized spacial score (nSPS) is 20.7. The third-order valence-electron chi connectivity index (χ3n) is 1.13. The van der Waals surface area contributed by atoms with E-state index in [1.54, 1.807) is 0 Å². The Balaban J connectivity index is 2.04. The van der Waals surface area contributed by atoms with Crippen LogP contribution in [0.3, 0.4) is 0 Å². The molecule has 1 aliphatic rings. The second kappa shape index (κ2) is 2.80. The second-order valence-corrected chi connectivity index (χ2v) is 2.20. The molecule has 1 rings (SSSR count). The smallest absolute Gasteiger partial charge is 0.447 e. The maximum absolute atomic E-state index is 11.5. The van der Waals surface area contributed by atoms with Crippen LogP contribution in [0.4, 0.5) is 12.9 Å². The molecule has 0 radical (unpaired) electrons. The zero-order valence-corrected chi connectivity index (χ0v) is 5.23. The monoisotopic (exact) mass is 155 g/mol. The lowest BCUT2D eigenvalue weighted by atomic mass is 9.94. The molecule has 6 heteroatoms. The van der Waals surface area contributed by atoms with Gasteiger partial charge in [-0.05, 0) is 0 Å². The Bertz CT molecular complexity index is 112. The number of rotatable bonds is 3. The van der Waals surface area contributed by atoms with Crippen LogP contribution in [-0.4, -0.2) is 32.8 Å². The molecule has 1 fully saturated rings. The molecule has 0 spiro atoms. The van der Waals surface area contributed by atoms with Gasteiger partial charge < -0.3 is 22.4 Å². The molecule has 0 unspecified atom stereocenters. The Hall–Kier alpha value is -0.225. The van der Waals surface area contributed by atoms with Crippen molar-refractivity contribution in [2.45, 2.75) is 6.10 Å².